The smallest absolute Gasteiger partial charge is 0.475 e. The minimum atomic E-state index is -5.08. The standard InChI is InChI=1S/C27H20N4O.C2HF3O2/c32-27-21-14-24(30-26(21)15-25(31-27)17-6-2-1-3-7-17)19-10-11-28-23(13-19)20-12-18-8-4-5-9-22(18)29-16-20;3-2(4,5)1(6)7/h1-14,16,25,30H,15H2,(H,31,32);(H,6,7). The fourth-order valence-electron chi connectivity index (χ4n) is 4.36. The molecule has 2 aromatic carbocycles. The molecule has 0 fully saturated rings. The Morgan fingerprint density at radius 3 is 2.38 bits per heavy atom. The molecule has 39 heavy (non-hydrogen) atoms. The van der Waals surface area contributed by atoms with Crippen molar-refractivity contribution in [2.24, 2.45) is 0 Å². The van der Waals surface area contributed by atoms with E-state index in [1.807, 2.05) is 72.9 Å². The first-order valence-corrected chi connectivity index (χ1v) is 11.9. The van der Waals surface area contributed by atoms with Crippen molar-refractivity contribution < 1.29 is 27.9 Å². The summed E-state index contributed by atoms with van der Waals surface area (Å²) in [6, 6.07) is 26.1. The van der Waals surface area contributed by atoms with Gasteiger partial charge in [0.15, 0.2) is 0 Å². The van der Waals surface area contributed by atoms with E-state index in [0.717, 1.165) is 51.1 Å². The summed E-state index contributed by atoms with van der Waals surface area (Å²) in [6.45, 7) is 0. The number of carbonyl (C=O) groups is 2. The lowest BCUT2D eigenvalue weighted by atomic mass is 9.96. The molecular weight excluding hydrogens is 509 g/mol. The molecule has 10 heteroatoms. The highest BCUT2D eigenvalue weighted by molar-refractivity contribution is 5.98. The molecule has 3 aromatic heterocycles. The van der Waals surface area contributed by atoms with Gasteiger partial charge in [-0.2, -0.15) is 13.2 Å². The summed E-state index contributed by atoms with van der Waals surface area (Å²) in [5.74, 6) is -2.80. The Hall–Kier alpha value is -4.99. The fraction of sp³-hybridized carbons (Fsp3) is 0.103. The molecule has 0 bridgehead atoms. The van der Waals surface area contributed by atoms with Crippen LogP contribution in [0.5, 0.6) is 0 Å². The average Bonchev–Trinajstić information content (AvgIpc) is 3.38. The molecule has 5 aromatic rings. The minimum absolute atomic E-state index is 0.0284. The molecule has 1 atom stereocenters. The molecule has 7 nitrogen and oxygen atoms in total. The van der Waals surface area contributed by atoms with Crippen LogP contribution in [0.15, 0.2) is 91.3 Å². The van der Waals surface area contributed by atoms with Crippen LogP contribution < -0.4 is 5.32 Å². The Bertz CT molecular complexity index is 1670. The molecule has 1 aliphatic rings. The third kappa shape index (κ3) is 5.64. The number of aliphatic carboxylic acids is 1. The second-order valence-corrected chi connectivity index (χ2v) is 8.87. The number of aromatic amines is 1. The van der Waals surface area contributed by atoms with E-state index < -0.39 is 12.1 Å². The lowest BCUT2D eigenvalue weighted by Gasteiger charge is -2.23. The number of benzene rings is 2. The normalized spacial score (nSPS) is 14.6. The number of fused-ring (bicyclic) bond motifs is 2. The zero-order chi connectivity index (χ0) is 27.6. The predicted octanol–water partition coefficient (Wildman–Crippen LogP) is 5.95. The maximum Gasteiger partial charge on any atom is 0.490 e. The number of rotatable bonds is 3. The number of pyridine rings is 2. The molecule has 0 aliphatic carbocycles. The fourth-order valence-corrected chi connectivity index (χ4v) is 4.36. The van der Waals surface area contributed by atoms with Crippen LogP contribution >= 0.6 is 0 Å². The number of carboxylic acids is 1. The van der Waals surface area contributed by atoms with Gasteiger partial charge in [0, 0.05) is 46.7 Å². The number of H-pyrrole nitrogens is 1. The Kier molecular flexibility index (Phi) is 6.84. The number of carboxylic acid groups (broad SMARTS) is 1. The van der Waals surface area contributed by atoms with Crippen LogP contribution in [-0.4, -0.2) is 38.1 Å². The monoisotopic (exact) mass is 530 g/mol. The number of hydrogen-bond acceptors (Lipinski definition) is 4. The number of aromatic nitrogens is 3. The van der Waals surface area contributed by atoms with E-state index >= 15 is 0 Å². The van der Waals surface area contributed by atoms with E-state index in [2.05, 4.69) is 32.4 Å². The number of carbonyl (C=O) groups excluding carboxylic acids is 1. The third-order valence-corrected chi connectivity index (χ3v) is 6.26. The van der Waals surface area contributed by atoms with Crippen molar-refractivity contribution in [1.82, 2.24) is 20.3 Å². The molecule has 6 rings (SSSR count). The summed E-state index contributed by atoms with van der Waals surface area (Å²) in [4.78, 5) is 34.3. The number of halogens is 3. The van der Waals surface area contributed by atoms with Crippen molar-refractivity contribution in [2.45, 2.75) is 18.6 Å². The van der Waals surface area contributed by atoms with E-state index in [4.69, 9.17) is 9.90 Å². The first-order chi connectivity index (χ1) is 18.7. The van der Waals surface area contributed by atoms with Gasteiger partial charge in [0.05, 0.1) is 22.8 Å². The largest absolute Gasteiger partial charge is 0.490 e. The van der Waals surface area contributed by atoms with Gasteiger partial charge in [-0.3, -0.25) is 14.8 Å². The topological polar surface area (TPSA) is 108 Å². The number of nitrogens with zero attached hydrogens (tertiary/aromatic N) is 2. The highest BCUT2D eigenvalue weighted by Gasteiger charge is 2.38. The van der Waals surface area contributed by atoms with Crippen LogP contribution in [0, 0.1) is 0 Å². The molecule has 0 saturated heterocycles. The van der Waals surface area contributed by atoms with E-state index in [0.29, 0.717) is 5.56 Å². The number of nitrogens with one attached hydrogen (secondary N) is 2. The van der Waals surface area contributed by atoms with Crippen molar-refractivity contribution in [3.05, 3.63) is 108 Å². The zero-order valence-corrected chi connectivity index (χ0v) is 20.2. The zero-order valence-electron chi connectivity index (χ0n) is 20.2. The lowest BCUT2D eigenvalue weighted by molar-refractivity contribution is -0.192. The predicted molar refractivity (Wildman–Crippen MR) is 139 cm³/mol. The van der Waals surface area contributed by atoms with Crippen LogP contribution in [0.4, 0.5) is 13.2 Å². The third-order valence-electron chi connectivity index (χ3n) is 6.26. The molecule has 1 aliphatic heterocycles. The summed E-state index contributed by atoms with van der Waals surface area (Å²) in [5, 5.41) is 11.3. The number of amides is 1. The number of alkyl halides is 3. The number of para-hydroxylation sites is 1. The second kappa shape index (κ2) is 10.4. The van der Waals surface area contributed by atoms with Gasteiger partial charge in [-0.25, -0.2) is 4.79 Å². The lowest BCUT2D eigenvalue weighted by Crippen LogP contribution is -2.34. The van der Waals surface area contributed by atoms with Gasteiger partial charge in [-0.15, -0.1) is 0 Å². The molecular formula is C29H21F3N4O3. The summed E-state index contributed by atoms with van der Waals surface area (Å²) in [7, 11) is 0. The van der Waals surface area contributed by atoms with Crippen LogP contribution in [0.3, 0.4) is 0 Å². The highest BCUT2D eigenvalue weighted by Crippen LogP contribution is 2.31. The van der Waals surface area contributed by atoms with Crippen LogP contribution in [0.1, 0.15) is 27.7 Å². The van der Waals surface area contributed by atoms with Gasteiger partial charge in [-0.1, -0.05) is 48.5 Å². The SMILES string of the molecule is O=C(O)C(F)(F)F.O=C1NC(c2ccccc2)Cc2[nH]c(-c3ccnc(-c4cnc5ccccc5c4)c3)cc21. The molecule has 1 amide bonds. The van der Waals surface area contributed by atoms with Gasteiger partial charge >= 0.3 is 12.1 Å². The van der Waals surface area contributed by atoms with Gasteiger partial charge in [0.1, 0.15) is 0 Å². The van der Waals surface area contributed by atoms with E-state index in [-0.39, 0.29) is 11.9 Å². The van der Waals surface area contributed by atoms with Crippen molar-refractivity contribution in [2.75, 3.05) is 0 Å². The summed E-state index contributed by atoms with van der Waals surface area (Å²) in [5.41, 5.74) is 7.45. The Morgan fingerprint density at radius 2 is 1.64 bits per heavy atom. The van der Waals surface area contributed by atoms with Crippen molar-refractivity contribution in [1.29, 1.82) is 0 Å². The maximum absolute atomic E-state index is 12.8. The van der Waals surface area contributed by atoms with Crippen molar-refractivity contribution in [3.63, 3.8) is 0 Å². The quantitative estimate of drug-likeness (QED) is 0.267. The summed E-state index contributed by atoms with van der Waals surface area (Å²) < 4.78 is 31.7. The first-order valence-electron chi connectivity index (χ1n) is 11.9. The van der Waals surface area contributed by atoms with Crippen molar-refractivity contribution >= 4 is 22.8 Å². The molecule has 0 saturated carbocycles. The summed E-state index contributed by atoms with van der Waals surface area (Å²) >= 11 is 0. The number of hydrogen-bond donors (Lipinski definition) is 3. The van der Waals surface area contributed by atoms with Gasteiger partial charge in [0.2, 0.25) is 0 Å². The molecule has 4 heterocycles. The van der Waals surface area contributed by atoms with E-state index in [1.54, 1.807) is 6.20 Å². The molecule has 0 spiro atoms. The second-order valence-electron chi connectivity index (χ2n) is 8.87. The van der Waals surface area contributed by atoms with Gasteiger partial charge in [0.25, 0.3) is 5.91 Å². The minimum Gasteiger partial charge on any atom is -0.475 e. The van der Waals surface area contributed by atoms with Crippen molar-refractivity contribution in [3.8, 4) is 22.5 Å². The average molecular weight is 531 g/mol. The van der Waals surface area contributed by atoms with E-state index in [9.17, 15) is 18.0 Å². The Labute approximate surface area is 220 Å². The summed E-state index contributed by atoms with van der Waals surface area (Å²) in [6.07, 6.45) is -0.698. The maximum atomic E-state index is 12.8. The Morgan fingerprint density at radius 1 is 0.923 bits per heavy atom. The molecule has 0 radical (unpaired) electrons. The van der Waals surface area contributed by atoms with Gasteiger partial charge < -0.3 is 15.4 Å². The highest BCUT2D eigenvalue weighted by atomic mass is 19.4. The molecule has 3 N–H and O–H groups in total. The van der Waals surface area contributed by atoms with Crippen LogP contribution in [-0.2, 0) is 11.2 Å². The van der Waals surface area contributed by atoms with Gasteiger partial charge in [-0.05, 0) is 35.9 Å². The molecule has 196 valence electrons. The van der Waals surface area contributed by atoms with Crippen LogP contribution in [0.2, 0.25) is 0 Å². The van der Waals surface area contributed by atoms with E-state index in [1.165, 1.54) is 0 Å². The Balaban J connectivity index is 0.000000392. The first kappa shape index (κ1) is 25.7. The molecule has 1 unspecified atom stereocenters. The van der Waals surface area contributed by atoms with Crippen LogP contribution in [0.25, 0.3) is 33.4 Å².